The van der Waals surface area contributed by atoms with Gasteiger partial charge < -0.3 is 9.64 Å². The summed E-state index contributed by atoms with van der Waals surface area (Å²) in [4.78, 5) is 27.7. The number of nitrogens with zero attached hydrogens (tertiary/aromatic N) is 4. The quantitative estimate of drug-likeness (QED) is 0.684. The first-order valence-corrected chi connectivity index (χ1v) is 9.09. The van der Waals surface area contributed by atoms with E-state index in [-0.39, 0.29) is 17.8 Å². The molecule has 4 rings (SSSR count). The summed E-state index contributed by atoms with van der Waals surface area (Å²) in [5.74, 6) is 0.373. The van der Waals surface area contributed by atoms with E-state index in [9.17, 15) is 9.18 Å². The Morgan fingerprint density at radius 3 is 2.71 bits per heavy atom. The third-order valence-electron chi connectivity index (χ3n) is 4.68. The van der Waals surface area contributed by atoms with E-state index in [2.05, 4.69) is 15.0 Å². The highest BCUT2D eigenvalue weighted by molar-refractivity contribution is 5.94. The third-order valence-corrected chi connectivity index (χ3v) is 4.68. The van der Waals surface area contributed by atoms with Crippen molar-refractivity contribution in [3.05, 3.63) is 77.8 Å². The topological polar surface area (TPSA) is 68.2 Å². The molecule has 0 N–H and O–H groups in total. The molecule has 1 aliphatic rings. The fourth-order valence-electron chi connectivity index (χ4n) is 3.27. The van der Waals surface area contributed by atoms with Gasteiger partial charge in [0.1, 0.15) is 11.6 Å². The summed E-state index contributed by atoms with van der Waals surface area (Å²) in [6.45, 7) is 2.54. The number of likely N-dealkylation sites (tertiary alicyclic amines) is 1. The number of ether oxygens (including phenoxy) is 1. The van der Waals surface area contributed by atoms with Gasteiger partial charge in [-0.2, -0.15) is 0 Å². The highest BCUT2D eigenvalue weighted by Gasteiger charge is 2.32. The van der Waals surface area contributed by atoms with Crippen LogP contribution in [0, 0.1) is 12.7 Å². The van der Waals surface area contributed by atoms with Crippen molar-refractivity contribution in [3.8, 4) is 11.6 Å². The second-order valence-corrected chi connectivity index (χ2v) is 6.68. The molecule has 2 aromatic heterocycles. The lowest BCUT2D eigenvalue weighted by Crippen LogP contribution is -2.31. The van der Waals surface area contributed by atoms with Gasteiger partial charge >= 0.3 is 0 Å². The van der Waals surface area contributed by atoms with Crippen molar-refractivity contribution < 1.29 is 13.9 Å². The van der Waals surface area contributed by atoms with Crippen LogP contribution >= 0.6 is 0 Å². The maximum Gasteiger partial charge on any atom is 0.255 e. The van der Waals surface area contributed by atoms with Gasteiger partial charge in [-0.05, 0) is 56.2 Å². The number of aryl methyl sites for hydroxylation is 1. The van der Waals surface area contributed by atoms with E-state index in [1.807, 2.05) is 13.0 Å². The number of carbonyl (C=O) groups is 1. The lowest BCUT2D eigenvalue weighted by molar-refractivity contribution is 0.0732. The van der Waals surface area contributed by atoms with E-state index in [1.165, 1.54) is 30.5 Å². The lowest BCUT2D eigenvalue weighted by Gasteiger charge is -2.24. The Morgan fingerprint density at radius 1 is 1.14 bits per heavy atom. The van der Waals surface area contributed by atoms with Gasteiger partial charge in [0.2, 0.25) is 5.88 Å². The summed E-state index contributed by atoms with van der Waals surface area (Å²) in [5.41, 5.74) is 2.10. The number of hydrogen-bond donors (Lipinski definition) is 0. The Bertz CT molecular complexity index is 976. The van der Waals surface area contributed by atoms with Crippen molar-refractivity contribution in [1.82, 2.24) is 19.9 Å². The minimum Gasteiger partial charge on any atom is -0.437 e. The van der Waals surface area contributed by atoms with E-state index < -0.39 is 0 Å². The molecule has 1 fully saturated rings. The average molecular weight is 378 g/mol. The van der Waals surface area contributed by atoms with E-state index in [4.69, 9.17) is 4.74 Å². The van der Waals surface area contributed by atoms with Gasteiger partial charge in [0, 0.05) is 18.4 Å². The molecular formula is C21H19FN4O2. The van der Waals surface area contributed by atoms with Crippen molar-refractivity contribution in [2.24, 2.45) is 0 Å². The summed E-state index contributed by atoms with van der Waals surface area (Å²) in [6.07, 6.45) is 6.45. The maximum atomic E-state index is 13.0. The minimum absolute atomic E-state index is 0.0679. The second-order valence-electron chi connectivity index (χ2n) is 6.68. The van der Waals surface area contributed by atoms with Gasteiger partial charge in [0.05, 0.1) is 29.7 Å². The molecule has 0 aliphatic carbocycles. The van der Waals surface area contributed by atoms with Crippen LogP contribution < -0.4 is 4.74 Å². The zero-order valence-electron chi connectivity index (χ0n) is 15.4. The number of benzene rings is 1. The highest BCUT2D eigenvalue weighted by Crippen LogP contribution is 2.33. The molecule has 7 heteroatoms. The molecule has 1 aromatic carbocycles. The van der Waals surface area contributed by atoms with E-state index in [0.717, 1.165) is 18.5 Å². The van der Waals surface area contributed by atoms with E-state index in [1.54, 1.807) is 23.4 Å². The smallest absolute Gasteiger partial charge is 0.255 e. The lowest BCUT2D eigenvalue weighted by atomic mass is 10.1. The Kier molecular flexibility index (Phi) is 4.97. The molecule has 28 heavy (non-hydrogen) atoms. The van der Waals surface area contributed by atoms with Crippen LogP contribution in [0.2, 0.25) is 0 Å². The van der Waals surface area contributed by atoms with Crippen LogP contribution in [0.3, 0.4) is 0 Å². The van der Waals surface area contributed by atoms with Crippen molar-refractivity contribution in [2.75, 3.05) is 6.54 Å². The van der Waals surface area contributed by atoms with Crippen LogP contribution in [0.4, 0.5) is 4.39 Å². The van der Waals surface area contributed by atoms with Gasteiger partial charge in [0.25, 0.3) is 5.91 Å². The molecule has 0 unspecified atom stereocenters. The number of amides is 1. The average Bonchev–Trinajstić information content (AvgIpc) is 3.20. The van der Waals surface area contributed by atoms with Gasteiger partial charge in [-0.15, -0.1) is 0 Å². The number of rotatable bonds is 4. The molecule has 142 valence electrons. The molecule has 0 radical (unpaired) electrons. The fraction of sp³-hybridized carbons (Fsp3) is 0.238. The van der Waals surface area contributed by atoms with Gasteiger partial charge in [-0.25, -0.2) is 9.37 Å². The molecule has 3 aromatic rings. The first-order valence-electron chi connectivity index (χ1n) is 9.09. The van der Waals surface area contributed by atoms with Gasteiger partial charge in [-0.3, -0.25) is 14.8 Å². The van der Waals surface area contributed by atoms with E-state index >= 15 is 0 Å². The largest absolute Gasteiger partial charge is 0.437 e. The van der Waals surface area contributed by atoms with Crippen molar-refractivity contribution >= 4 is 5.91 Å². The van der Waals surface area contributed by atoms with Crippen LogP contribution in [0.15, 0.2) is 55.0 Å². The predicted molar refractivity (Wildman–Crippen MR) is 100 cm³/mol. The molecule has 1 amide bonds. The van der Waals surface area contributed by atoms with Crippen LogP contribution in [-0.4, -0.2) is 32.3 Å². The van der Waals surface area contributed by atoms with E-state index in [0.29, 0.717) is 29.4 Å². The summed E-state index contributed by atoms with van der Waals surface area (Å²) in [6, 6.07) is 9.14. The first kappa shape index (κ1) is 18.0. The summed E-state index contributed by atoms with van der Waals surface area (Å²) in [7, 11) is 0. The molecule has 1 saturated heterocycles. The Labute approximate surface area is 162 Å². The summed E-state index contributed by atoms with van der Waals surface area (Å²) >= 11 is 0. The molecule has 0 spiro atoms. The summed E-state index contributed by atoms with van der Waals surface area (Å²) in [5, 5.41) is 0. The monoisotopic (exact) mass is 378 g/mol. The second kappa shape index (κ2) is 7.72. The standard InChI is InChI=1S/C21H19FN4O2/c1-14-4-5-15(11-24-14)21(27)26-10-2-3-19(26)18-12-23-13-20(25-18)28-17-8-6-16(22)7-9-17/h4-9,11-13,19H,2-3,10H2,1H3/t19-/m1/s1. The number of aromatic nitrogens is 3. The zero-order chi connectivity index (χ0) is 19.5. The molecule has 3 heterocycles. The SMILES string of the molecule is Cc1ccc(C(=O)N2CCC[C@@H]2c2cncc(Oc3ccc(F)cc3)n2)cn1. The van der Waals surface area contributed by atoms with Crippen LogP contribution in [0.25, 0.3) is 0 Å². The van der Waals surface area contributed by atoms with Gasteiger partial charge in [-0.1, -0.05) is 0 Å². The van der Waals surface area contributed by atoms with Crippen LogP contribution in [0.5, 0.6) is 11.6 Å². The molecule has 0 bridgehead atoms. The molecule has 0 saturated carbocycles. The summed E-state index contributed by atoms with van der Waals surface area (Å²) < 4.78 is 18.7. The zero-order valence-corrected chi connectivity index (χ0v) is 15.4. The Hall–Kier alpha value is -3.35. The highest BCUT2D eigenvalue weighted by atomic mass is 19.1. The Morgan fingerprint density at radius 2 is 1.96 bits per heavy atom. The number of hydrogen-bond acceptors (Lipinski definition) is 5. The molecule has 1 aliphatic heterocycles. The van der Waals surface area contributed by atoms with Crippen molar-refractivity contribution in [2.45, 2.75) is 25.8 Å². The molecule has 1 atom stereocenters. The predicted octanol–water partition coefficient (Wildman–Crippen LogP) is 4.09. The van der Waals surface area contributed by atoms with Crippen LogP contribution in [-0.2, 0) is 0 Å². The Balaban J connectivity index is 1.55. The number of pyridine rings is 1. The normalized spacial score (nSPS) is 16.2. The van der Waals surface area contributed by atoms with Crippen molar-refractivity contribution in [3.63, 3.8) is 0 Å². The first-order chi connectivity index (χ1) is 13.6. The number of halogens is 1. The maximum absolute atomic E-state index is 13.0. The van der Waals surface area contributed by atoms with Gasteiger partial charge in [0.15, 0.2) is 0 Å². The number of carbonyl (C=O) groups excluding carboxylic acids is 1. The minimum atomic E-state index is -0.335. The molecular weight excluding hydrogens is 359 g/mol. The van der Waals surface area contributed by atoms with Crippen molar-refractivity contribution in [1.29, 1.82) is 0 Å². The third kappa shape index (κ3) is 3.83. The fourth-order valence-corrected chi connectivity index (χ4v) is 3.27. The van der Waals surface area contributed by atoms with Crippen LogP contribution in [0.1, 0.15) is 40.6 Å². The molecule has 6 nitrogen and oxygen atoms in total.